The minimum atomic E-state index is 0.0619. The van der Waals surface area contributed by atoms with E-state index in [9.17, 15) is 4.79 Å². The second-order valence-electron chi connectivity index (χ2n) is 5.62. The molecule has 1 aliphatic heterocycles. The lowest BCUT2D eigenvalue weighted by Gasteiger charge is -2.15. The van der Waals surface area contributed by atoms with Gasteiger partial charge in [0.1, 0.15) is 18.1 Å². The number of hydrogen-bond donors (Lipinski definition) is 0. The Labute approximate surface area is 136 Å². The molecule has 1 fully saturated rings. The van der Waals surface area contributed by atoms with Gasteiger partial charge in [0, 0.05) is 13.1 Å². The minimum absolute atomic E-state index is 0.0619. The van der Waals surface area contributed by atoms with Gasteiger partial charge in [-0.05, 0) is 42.7 Å². The average molecular weight is 311 g/mol. The first-order chi connectivity index (χ1) is 11.3. The van der Waals surface area contributed by atoms with Gasteiger partial charge in [-0.3, -0.25) is 4.79 Å². The van der Waals surface area contributed by atoms with E-state index in [0.29, 0.717) is 12.4 Å². The van der Waals surface area contributed by atoms with Crippen molar-refractivity contribution in [1.29, 1.82) is 0 Å². The number of rotatable bonds is 6. The van der Waals surface area contributed by atoms with Crippen LogP contribution < -0.4 is 9.47 Å². The summed E-state index contributed by atoms with van der Waals surface area (Å²) in [6.07, 6.45) is 2.19. The van der Waals surface area contributed by atoms with Gasteiger partial charge in [0.05, 0.1) is 0 Å². The summed E-state index contributed by atoms with van der Waals surface area (Å²) in [6.45, 7) is 2.35. The summed E-state index contributed by atoms with van der Waals surface area (Å²) in [4.78, 5) is 13.8. The summed E-state index contributed by atoms with van der Waals surface area (Å²) >= 11 is 0. The van der Waals surface area contributed by atoms with Crippen molar-refractivity contribution in [1.82, 2.24) is 4.90 Å². The Morgan fingerprint density at radius 3 is 2.13 bits per heavy atom. The summed E-state index contributed by atoms with van der Waals surface area (Å²) in [5.74, 6) is 1.53. The van der Waals surface area contributed by atoms with Crippen LogP contribution in [-0.4, -0.2) is 30.5 Å². The van der Waals surface area contributed by atoms with Crippen LogP contribution in [0.1, 0.15) is 18.4 Å². The maximum Gasteiger partial charge on any atom is 0.260 e. The maximum atomic E-state index is 11.9. The van der Waals surface area contributed by atoms with Gasteiger partial charge < -0.3 is 14.4 Å². The molecule has 0 unspecified atom stereocenters. The van der Waals surface area contributed by atoms with Crippen LogP contribution in [0.3, 0.4) is 0 Å². The number of nitrogens with zero attached hydrogens (tertiary/aromatic N) is 1. The first-order valence-electron chi connectivity index (χ1n) is 7.98. The third kappa shape index (κ3) is 4.49. The van der Waals surface area contributed by atoms with E-state index < -0.39 is 0 Å². The van der Waals surface area contributed by atoms with Crippen molar-refractivity contribution >= 4 is 5.91 Å². The van der Waals surface area contributed by atoms with Crippen LogP contribution in [0, 0.1) is 0 Å². The van der Waals surface area contributed by atoms with Crippen molar-refractivity contribution < 1.29 is 14.3 Å². The number of carbonyl (C=O) groups excluding carboxylic acids is 1. The van der Waals surface area contributed by atoms with Gasteiger partial charge >= 0.3 is 0 Å². The number of carbonyl (C=O) groups is 1. The van der Waals surface area contributed by atoms with Gasteiger partial charge in [0.25, 0.3) is 5.91 Å². The Morgan fingerprint density at radius 2 is 1.48 bits per heavy atom. The molecule has 4 nitrogen and oxygen atoms in total. The van der Waals surface area contributed by atoms with E-state index in [1.165, 1.54) is 0 Å². The Morgan fingerprint density at radius 1 is 0.870 bits per heavy atom. The quantitative estimate of drug-likeness (QED) is 0.822. The summed E-state index contributed by atoms with van der Waals surface area (Å²) in [6, 6.07) is 17.4. The van der Waals surface area contributed by atoms with Crippen molar-refractivity contribution in [2.24, 2.45) is 0 Å². The average Bonchev–Trinajstić information content (AvgIpc) is 3.14. The van der Waals surface area contributed by atoms with Crippen LogP contribution in [0.4, 0.5) is 0 Å². The topological polar surface area (TPSA) is 38.8 Å². The van der Waals surface area contributed by atoms with E-state index in [4.69, 9.17) is 9.47 Å². The molecule has 0 atom stereocenters. The molecule has 0 aromatic heterocycles. The molecule has 1 amide bonds. The molecule has 4 heteroatoms. The molecule has 120 valence electrons. The van der Waals surface area contributed by atoms with Crippen LogP contribution in [0.25, 0.3) is 0 Å². The fraction of sp³-hybridized carbons (Fsp3) is 0.316. The van der Waals surface area contributed by atoms with E-state index in [1.54, 1.807) is 0 Å². The van der Waals surface area contributed by atoms with E-state index in [0.717, 1.165) is 37.2 Å². The highest BCUT2D eigenvalue weighted by molar-refractivity contribution is 5.78. The molecule has 2 aromatic rings. The van der Waals surface area contributed by atoms with Crippen molar-refractivity contribution in [3.05, 3.63) is 60.2 Å². The lowest BCUT2D eigenvalue weighted by Crippen LogP contribution is -2.32. The molecule has 0 N–H and O–H groups in total. The molecule has 23 heavy (non-hydrogen) atoms. The number of ether oxygens (including phenoxy) is 2. The van der Waals surface area contributed by atoms with Crippen molar-refractivity contribution in [3.8, 4) is 11.5 Å². The van der Waals surface area contributed by atoms with E-state index in [2.05, 4.69) is 0 Å². The second-order valence-corrected chi connectivity index (χ2v) is 5.62. The Kier molecular flexibility index (Phi) is 5.14. The van der Waals surface area contributed by atoms with Gasteiger partial charge in [-0.25, -0.2) is 0 Å². The first kappa shape index (κ1) is 15.4. The highest BCUT2D eigenvalue weighted by Crippen LogP contribution is 2.19. The monoisotopic (exact) mass is 311 g/mol. The molecule has 0 spiro atoms. The number of likely N-dealkylation sites (tertiary alicyclic amines) is 1. The summed E-state index contributed by atoms with van der Waals surface area (Å²) < 4.78 is 11.3. The fourth-order valence-electron chi connectivity index (χ4n) is 2.58. The smallest absolute Gasteiger partial charge is 0.260 e. The third-order valence-electron chi connectivity index (χ3n) is 3.89. The van der Waals surface area contributed by atoms with Gasteiger partial charge in [0.2, 0.25) is 0 Å². The van der Waals surface area contributed by atoms with Crippen molar-refractivity contribution in [3.63, 3.8) is 0 Å². The molecular weight excluding hydrogens is 290 g/mol. The Balaban J connectivity index is 1.46. The molecule has 1 heterocycles. The zero-order valence-electron chi connectivity index (χ0n) is 13.1. The largest absolute Gasteiger partial charge is 0.489 e. The molecule has 0 aliphatic carbocycles. The molecule has 1 aliphatic rings. The van der Waals surface area contributed by atoms with Crippen molar-refractivity contribution in [2.45, 2.75) is 19.4 Å². The SMILES string of the molecule is O=C(COc1ccc(OCc2ccccc2)cc1)N1CCCC1. The number of benzene rings is 2. The Hall–Kier alpha value is -2.49. The fourth-order valence-corrected chi connectivity index (χ4v) is 2.58. The lowest BCUT2D eigenvalue weighted by molar-refractivity contribution is -0.132. The Bertz CT molecular complexity index is 619. The van der Waals surface area contributed by atoms with Crippen LogP contribution in [-0.2, 0) is 11.4 Å². The van der Waals surface area contributed by atoms with Crippen LogP contribution >= 0.6 is 0 Å². The summed E-state index contributed by atoms with van der Waals surface area (Å²) in [5, 5.41) is 0. The molecule has 1 saturated heterocycles. The van der Waals surface area contributed by atoms with E-state index in [1.807, 2.05) is 59.5 Å². The number of hydrogen-bond acceptors (Lipinski definition) is 3. The predicted octanol–water partition coefficient (Wildman–Crippen LogP) is 3.27. The normalized spacial score (nSPS) is 13.8. The van der Waals surface area contributed by atoms with Crippen LogP contribution in [0.5, 0.6) is 11.5 Å². The zero-order valence-corrected chi connectivity index (χ0v) is 13.1. The van der Waals surface area contributed by atoms with E-state index in [-0.39, 0.29) is 12.5 Å². The third-order valence-corrected chi connectivity index (χ3v) is 3.89. The molecule has 0 bridgehead atoms. The van der Waals surface area contributed by atoms with Gasteiger partial charge in [0.15, 0.2) is 6.61 Å². The van der Waals surface area contributed by atoms with Gasteiger partial charge in [-0.2, -0.15) is 0 Å². The molecule has 2 aromatic carbocycles. The van der Waals surface area contributed by atoms with Crippen LogP contribution in [0.2, 0.25) is 0 Å². The molecule has 0 radical (unpaired) electrons. The minimum Gasteiger partial charge on any atom is -0.489 e. The highest BCUT2D eigenvalue weighted by atomic mass is 16.5. The molecule has 0 saturated carbocycles. The summed E-state index contributed by atoms with van der Waals surface area (Å²) in [7, 11) is 0. The lowest BCUT2D eigenvalue weighted by atomic mass is 10.2. The standard InChI is InChI=1S/C19H21NO3/c21-19(20-12-4-5-13-20)15-23-18-10-8-17(9-11-18)22-14-16-6-2-1-3-7-16/h1-3,6-11H,4-5,12-15H2. The highest BCUT2D eigenvalue weighted by Gasteiger charge is 2.17. The van der Waals surface area contributed by atoms with Gasteiger partial charge in [-0.1, -0.05) is 30.3 Å². The predicted molar refractivity (Wildman–Crippen MR) is 88.5 cm³/mol. The van der Waals surface area contributed by atoms with Gasteiger partial charge in [-0.15, -0.1) is 0 Å². The van der Waals surface area contributed by atoms with Crippen LogP contribution in [0.15, 0.2) is 54.6 Å². The zero-order chi connectivity index (χ0) is 15.9. The molecular formula is C19H21NO3. The van der Waals surface area contributed by atoms with Crippen molar-refractivity contribution in [2.75, 3.05) is 19.7 Å². The number of amides is 1. The maximum absolute atomic E-state index is 11.9. The molecule has 3 rings (SSSR count). The van der Waals surface area contributed by atoms with E-state index >= 15 is 0 Å². The summed E-state index contributed by atoms with van der Waals surface area (Å²) in [5.41, 5.74) is 1.13. The second kappa shape index (κ2) is 7.68. The first-order valence-corrected chi connectivity index (χ1v) is 7.98.